The van der Waals surface area contributed by atoms with Gasteiger partial charge in [-0.25, -0.2) is 4.79 Å². The van der Waals surface area contributed by atoms with Gasteiger partial charge in [-0.2, -0.15) is 0 Å². The number of nitrogens with zero attached hydrogens (tertiary/aromatic N) is 1. The molecule has 184 valence electrons. The molecule has 0 aromatic heterocycles. The van der Waals surface area contributed by atoms with E-state index in [9.17, 15) is 14.4 Å². The topological polar surface area (TPSA) is 103 Å². The summed E-state index contributed by atoms with van der Waals surface area (Å²) in [5, 5.41) is 2.72. The molecule has 0 spiro atoms. The normalized spacial score (nSPS) is 10.3. The molecule has 0 heterocycles. The minimum absolute atomic E-state index is 0.155. The van der Waals surface area contributed by atoms with Crippen molar-refractivity contribution in [3.63, 3.8) is 0 Å². The minimum atomic E-state index is -0.726. The predicted molar refractivity (Wildman–Crippen MR) is 128 cm³/mol. The van der Waals surface area contributed by atoms with Crippen LogP contribution in [0.5, 0.6) is 17.2 Å². The summed E-state index contributed by atoms with van der Waals surface area (Å²) in [5.74, 6) is -0.514. The smallest absolute Gasteiger partial charge is 0.338 e. The molecule has 1 N–H and O–H groups in total. The molecular formula is C25H32N2O7. The molecule has 0 saturated carbocycles. The fourth-order valence-electron chi connectivity index (χ4n) is 2.97. The average Bonchev–Trinajstić information content (AvgIpc) is 2.80. The summed E-state index contributed by atoms with van der Waals surface area (Å²) in [6.45, 7) is 7.80. The van der Waals surface area contributed by atoms with Crippen LogP contribution in [-0.2, 0) is 14.3 Å². The number of hydrogen-bond acceptors (Lipinski definition) is 7. The number of aryl methyl sites for hydroxylation is 1. The summed E-state index contributed by atoms with van der Waals surface area (Å²) in [6.07, 6.45) is 0. The predicted octanol–water partition coefficient (Wildman–Crippen LogP) is 3.45. The number of carbonyl (C=O) groups is 3. The second kappa shape index (κ2) is 13.1. The van der Waals surface area contributed by atoms with Gasteiger partial charge in [0, 0.05) is 12.7 Å². The Morgan fingerprint density at radius 2 is 1.44 bits per heavy atom. The van der Waals surface area contributed by atoms with Crippen LogP contribution in [0.25, 0.3) is 0 Å². The molecule has 9 nitrogen and oxygen atoms in total. The molecule has 2 rings (SSSR count). The Balaban J connectivity index is 1.99. The van der Waals surface area contributed by atoms with E-state index in [4.69, 9.17) is 18.9 Å². The van der Waals surface area contributed by atoms with Crippen molar-refractivity contribution < 1.29 is 33.3 Å². The lowest BCUT2D eigenvalue weighted by molar-refractivity contribution is -0.136. The first-order valence-corrected chi connectivity index (χ1v) is 11.1. The summed E-state index contributed by atoms with van der Waals surface area (Å²) in [5.41, 5.74) is 1.86. The monoisotopic (exact) mass is 472 g/mol. The number of benzene rings is 2. The zero-order valence-corrected chi connectivity index (χ0v) is 20.3. The van der Waals surface area contributed by atoms with Crippen LogP contribution in [0.4, 0.5) is 5.69 Å². The number of anilines is 1. The number of carbonyl (C=O) groups excluding carboxylic acids is 3. The van der Waals surface area contributed by atoms with Crippen molar-refractivity contribution in [3.8, 4) is 17.2 Å². The van der Waals surface area contributed by atoms with Gasteiger partial charge in [-0.3, -0.25) is 9.59 Å². The van der Waals surface area contributed by atoms with Gasteiger partial charge in [-0.05, 0) is 52.0 Å². The van der Waals surface area contributed by atoms with Crippen molar-refractivity contribution in [1.29, 1.82) is 0 Å². The van der Waals surface area contributed by atoms with Crippen molar-refractivity contribution in [1.82, 2.24) is 4.90 Å². The zero-order valence-electron chi connectivity index (χ0n) is 20.3. The Kier molecular flexibility index (Phi) is 10.2. The van der Waals surface area contributed by atoms with Crippen LogP contribution >= 0.6 is 0 Å². The van der Waals surface area contributed by atoms with Gasteiger partial charge < -0.3 is 29.2 Å². The number of ether oxygens (including phenoxy) is 4. The van der Waals surface area contributed by atoms with Crippen LogP contribution in [-0.4, -0.2) is 62.7 Å². The summed E-state index contributed by atoms with van der Waals surface area (Å²) < 4.78 is 22.0. The Hall–Kier alpha value is -3.75. The summed E-state index contributed by atoms with van der Waals surface area (Å²) in [4.78, 5) is 38.4. The van der Waals surface area contributed by atoms with Crippen LogP contribution in [0.15, 0.2) is 36.4 Å². The lowest BCUT2D eigenvalue weighted by Gasteiger charge is -2.18. The summed E-state index contributed by atoms with van der Waals surface area (Å²) in [7, 11) is 1.46. The molecule has 0 fully saturated rings. The molecule has 2 amide bonds. The maximum absolute atomic E-state index is 12.6. The molecule has 9 heteroatoms. The van der Waals surface area contributed by atoms with Crippen molar-refractivity contribution in [3.05, 3.63) is 47.5 Å². The van der Waals surface area contributed by atoms with Gasteiger partial charge in [0.25, 0.3) is 5.91 Å². The molecule has 0 radical (unpaired) electrons. The van der Waals surface area contributed by atoms with Gasteiger partial charge >= 0.3 is 5.97 Å². The van der Waals surface area contributed by atoms with E-state index in [-0.39, 0.29) is 18.0 Å². The third kappa shape index (κ3) is 7.68. The molecule has 2 aromatic carbocycles. The molecule has 34 heavy (non-hydrogen) atoms. The number of nitrogens with one attached hydrogen (secondary N) is 1. The fraction of sp³-hybridized carbons (Fsp3) is 0.400. The van der Waals surface area contributed by atoms with E-state index in [1.807, 2.05) is 39.8 Å². The Bertz CT molecular complexity index is 962. The number of esters is 1. The lowest BCUT2D eigenvalue weighted by Crippen LogP contribution is -2.37. The maximum atomic E-state index is 12.6. The highest BCUT2D eigenvalue weighted by Gasteiger charge is 2.21. The largest absolute Gasteiger partial charge is 0.490 e. The van der Waals surface area contributed by atoms with E-state index in [0.29, 0.717) is 42.8 Å². The van der Waals surface area contributed by atoms with Crippen LogP contribution in [0.2, 0.25) is 0 Å². The zero-order chi connectivity index (χ0) is 25.1. The molecule has 0 unspecified atom stereocenters. The number of rotatable bonds is 12. The second-order valence-corrected chi connectivity index (χ2v) is 7.34. The highest BCUT2D eigenvalue weighted by molar-refractivity contribution is 5.96. The summed E-state index contributed by atoms with van der Waals surface area (Å²) >= 11 is 0. The first kappa shape index (κ1) is 26.5. The third-order valence-electron chi connectivity index (χ3n) is 4.61. The number of amides is 2. The van der Waals surface area contributed by atoms with Gasteiger partial charge in [0.05, 0.1) is 31.9 Å². The highest BCUT2D eigenvalue weighted by atomic mass is 16.5. The van der Waals surface area contributed by atoms with Gasteiger partial charge in [0.15, 0.2) is 18.1 Å². The van der Waals surface area contributed by atoms with Gasteiger partial charge in [-0.1, -0.05) is 17.7 Å². The van der Waals surface area contributed by atoms with Crippen LogP contribution in [0, 0.1) is 6.92 Å². The van der Waals surface area contributed by atoms with Gasteiger partial charge in [0.1, 0.15) is 0 Å². The lowest BCUT2D eigenvalue weighted by atomic mass is 10.2. The average molecular weight is 473 g/mol. The molecule has 0 aliphatic rings. The van der Waals surface area contributed by atoms with Crippen molar-refractivity contribution >= 4 is 23.5 Å². The second-order valence-electron chi connectivity index (χ2n) is 7.34. The standard InChI is InChI=1S/C25H32N2O7/c1-6-31-20-13-18(14-21(32-7-2)24(20)33-8-3)25(30)34-16-23(29)27(5)15-22(28)26-19-11-9-17(4)10-12-19/h9-14H,6-8,15-16H2,1-5H3,(H,26,28). The van der Waals surface area contributed by atoms with Gasteiger partial charge in [-0.15, -0.1) is 0 Å². The number of hydrogen-bond donors (Lipinski definition) is 1. The molecule has 0 aliphatic heterocycles. The van der Waals surface area contributed by atoms with E-state index in [1.165, 1.54) is 24.1 Å². The minimum Gasteiger partial charge on any atom is -0.490 e. The molecule has 0 saturated heterocycles. The Labute approximate surface area is 199 Å². The van der Waals surface area contributed by atoms with Crippen LogP contribution in [0.3, 0.4) is 0 Å². The molecular weight excluding hydrogens is 440 g/mol. The molecule has 0 bridgehead atoms. The van der Waals surface area contributed by atoms with E-state index in [0.717, 1.165) is 5.56 Å². The van der Waals surface area contributed by atoms with Crippen LogP contribution in [0.1, 0.15) is 36.7 Å². The first-order chi connectivity index (χ1) is 16.3. The first-order valence-electron chi connectivity index (χ1n) is 11.1. The highest BCUT2D eigenvalue weighted by Crippen LogP contribution is 2.39. The van der Waals surface area contributed by atoms with Gasteiger partial charge in [0.2, 0.25) is 11.7 Å². The van der Waals surface area contributed by atoms with E-state index in [2.05, 4.69) is 5.32 Å². The quantitative estimate of drug-likeness (QED) is 0.472. The van der Waals surface area contributed by atoms with Crippen molar-refractivity contribution in [2.75, 3.05) is 45.3 Å². The van der Waals surface area contributed by atoms with Crippen molar-refractivity contribution in [2.24, 2.45) is 0 Å². The molecule has 0 aliphatic carbocycles. The molecule has 0 atom stereocenters. The van der Waals surface area contributed by atoms with E-state index >= 15 is 0 Å². The summed E-state index contributed by atoms with van der Waals surface area (Å²) in [6, 6.07) is 10.3. The SMILES string of the molecule is CCOc1cc(C(=O)OCC(=O)N(C)CC(=O)Nc2ccc(C)cc2)cc(OCC)c1OCC. The maximum Gasteiger partial charge on any atom is 0.338 e. The van der Waals surface area contributed by atoms with Crippen molar-refractivity contribution in [2.45, 2.75) is 27.7 Å². The third-order valence-corrected chi connectivity index (χ3v) is 4.61. The van der Waals surface area contributed by atoms with Crippen LogP contribution < -0.4 is 19.5 Å². The Morgan fingerprint density at radius 1 is 0.882 bits per heavy atom. The molecule has 2 aromatic rings. The van der Waals surface area contributed by atoms with E-state index in [1.54, 1.807) is 12.1 Å². The number of likely N-dealkylation sites (N-methyl/N-ethyl adjacent to an activating group) is 1. The Morgan fingerprint density at radius 3 is 1.97 bits per heavy atom. The van der Waals surface area contributed by atoms with E-state index < -0.39 is 18.5 Å². The fourth-order valence-corrected chi connectivity index (χ4v) is 2.97.